The van der Waals surface area contributed by atoms with Crippen LogP contribution in [0.15, 0.2) is 12.5 Å². The largest absolute Gasteiger partial charge is 0.435 e. The molecule has 0 saturated carbocycles. The highest BCUT2D eigenvalue weighted by atomic mass is 35.7. The molecule has 1 N–H and O–H groups in total. The maximum Gasteiger partial charge on any atom is 0.435 e. The van der Waals surface area contributed by atoms with E-state index in [1.54, 1.807) is 0 Å². The molecule has 1 radical (unpaired) electrons. The summed E-state index contributed by atoms with van der Waals surface area (Å²) in [7, 11) is -2.93. The van der Waals surface area contributed by atoms with Crippen molar-refractivity contribution in [1.29, 1.82) is 0 Å². The standard InChI is InChI=1S/C2H3ClO3P/c3-7(4)5-1-2-6-7/h1-2,4H. The molecule has 1 aliphatic rings. The maximum atomic E-state index is 8.56. The first-order valence-electron chi connectivity index (χ1n) is 1.54. The predicted molar refractivity (Wildman–Crippen MR) is 26.3 cm³/mol. The highest BCUT2D eigenvalue weighted by Crippen LogP contribution is 2.65. The molecule has 0 amide bonds. The summed E-state index contributed by atoms with van der Waals surface area (Å²) in [5.74, 6) is 0. The summed E-state index contributed by atoms with van der Waals surface area (Å²) in [5, 5.41) is 0. The van der Waals surface area contributed by atoms with E-state index >= 15 is 0 Å². The summed E-state index contributed by atoms with van der Waals surface area (Å²) in [5.41, 5.74) is 0. The van der Waals surface area contributed by atoms with Gasteiger partial charge in [-0.15, -0.1) is 0 Å². The second-order valence-corrected chi connectivity index (χ2v) is 3.54. The number of hydrogen-bond donors (Lipinski definition) is 1. The summed E-state index contributed by atoms with van der Waals surface area (Å²) in [6.07, 6.45) is 2.42. The van der Waals surface area contributed by atoms with Gasteiger partial charge in [0.25, 0.3) is 0 Å². The molecule has 41 valence electrons. The summed E-state index contributed by atoms with van der Waals surface area (Å²) in [6, 6.07) is 0. The van der Waals surface area contributed by atoms with Crippen LogP contribution < -0.4 is 0 Å². The Morgan fingerprint density at radius 2 is 1.86 bits per heavy atom. The van der Waals surface area contributed by atoms with E-state index in [9.17, 15) is 0 Å². The molecular formula is C2H3ClO3P. The van der Waals surface area contributed by atoms with Gasteiger partial charge in [0.05, 0.1) is 0 Å². The Kier molecular flexibility index (Phi) is 1.11. The van der Waals surface area contributed by atoms with Gasteiger partial charge < -0.3 is 13.9 Å². The molecule has 3 nitrogen and oxygen atoms in total. The zero-order valence-electron chi connectivity index (χ0n) is 3.24. The van der Waals surface area contributed by atoms with Gasteiger partial charge in [-0.25, -0.2) is 0 Å². The molecule has 1 aliphatic heterocycles. The summed E-state index contributed by atoms with van der Waals surface area (Å²) < 4.78 is 8.74. The fourth-order valence-electron chi connectivity index (χ4n) is 0.225. The van der Waals surface area contributed by atoms with Crippen molar-refractivity contribution in [2.45, 2.75) is 0 Å². The van der Waals surface area contributed by atoms with Crippen LogP contribution in [0, 0.1) is 0 Å². The van der Waals surface area contributed by atoms with Crippen LogP contribution >= 0.6 is 18.5 Å². The first-order chi connectivity index (χ1) is 3.21. The van der Waals surface area contributed by atoms with Crippen LogP contribution in [0.1, 0.15) is 0 Å². The van der Waals surface area contributed by atoms with Crippen molar-refractivity contribution in [3.63, 3.8) is 0 Å². The Morgan fingerprint density at radius 1 is 1.43 bits per heavy atom. The van der Waals surface area contributed by atoms with E-state index in [1.807, 2.05) is 0 Å². The van der Waals surface area contributed by atoms with Gasteiger partial charge in [-0.3, -0.25) is 0 Å². The first kappa shape index (κ1) is 5.16. The number of rotatable bonds is 0. The van der Waals surface area contributed by atoms with Gasteiger partial charge in [0, 0.05) is 11.2 Å². The summed E-state index contributed by atoms with van der Waals surface area (Å²) in [4.78, 5) is 8.56. The molecule has 0 aromatic carbocycles. The van der Waals surface area contributed by atoms with Gasteiger partial charge in [-0.1, -0.05) is 0 Å². The summed E-state index contributed by atoms with van der Waals surface area (Å²) >= 11 is 5.13. The lowest BCUT2D eigenvalue weighted by molar-refractivity contribution is 0.357. The van der Waals surface area contributed by atoms with Crippen molar-refractivity contribution in [2.24, 2.45) is 0 Å². The van der Waals surface area contributed by atoms with E-state index in [4.69, 9.17) is 16.1 Å². The van der Waals surface area contributed by atoms with Crippen molar-refractivity contribution in [2.75, 3.05) is 0 Å². The highest BCUT2D eigenvalue weighted by Gasteiger charge is 2.27. The van der Waals surface area contributed by atoms with Crippen LogP contribution in [0.25, 0.3) is 0 Å². The quantitative estimate of drug-likeness (QED) is 0.519. The lowest BCUT2D eigenvalue weighted by atomic mass is 11.1. The van der Waals surface area contributed by atoms with Crippen LogP contribution in [0.5, 0.6) is 0 Å². The summed E-state index contributed by atoms with van der Waals surface area (Å²) in [6.45, 7) is 0. The molecule has 0 unspecified atom stereocenters. The van der Waals surface area contributed by atoms with Gasteiger partial charge in [0.15, 0.2) is 0 Å². The van der Waals surface area contributed by atoms with Gasteiger partial charge in [-0.2, -0.15) is 0 Å². The Morgan fingerprint density at radius 3 is 2.00 bits per heavy atom. The monoisotopic (exact) mass is 141 g/mol. The highest BCUT2D eigenvalue weighted by molar-refractivity contribution is 7.87. The minimum absolute atomic E-state index is 1.21. The molecule has 0 fully saturated rings. The molecule has 1 rings (SSSR count). The molecule has 0 aliphatic carbocycles. The average Bonchev–Trinajstić information content (AvgIpc) is 1.84. The Balaban J connectivity index is 2.49. The fourth-order valence-corrected chi connectivity index (χ4v) is 0.950. The zero-order chi connectivity index (χ0) is 5.33. The van der Waals surface area contributed by atoms with E-state index in [0.29, 0.717) is 0 Å². The lowest BCUT2D eigenvalue weighted by Gasteiger charge is -2.09. The molecule has 0 spiro atoms. The van der Waals surface area contributed by atoms with E-state index < -0.39 is 7.30 Å². The molecule has 7 heavy (non-hydrogen) atoms. The Labute approximate surface area is 45.9 Å². The molecule has 0 saturated heterocycles. The van der Waals surface area contributed by atoms with Crippen LogP contribution in [0.4, 0.5) is 0 Å². The Hall–Kier alpha value is 0.0200. The molecule has 5 heteroatoms. The number of hydrogen-bond acceptors (Lipinski definition) is 3. The third kappa shape index (κ3) is 1.20. The van der Waals surface area contributed by atoms with Crippen molar-refractivity contribution >= 4 is 18.5 Å². The van der Waals surface area contributed by atoms with E-state index in [2.05, 4.69) is 9.05 Å². The number of halogens is 1. The normalized spacial score (nSPS) is 23.7. The molecular weight excluding hydrogens is 138 g/mol. The third-order valence-corrected chi connectivity index (χ3v) is 1.68. The second-order valence-electron chi connectivity index (χ2n) is 0.934. The molecule has 0 atom stereocenters. The van der Waals surface area contributed by atoms with Gasteiger partial charge in [0.2, 0.25) is 0 Å². The van der Waals surface area contributed by atoms with Crippen molar-refractivity contribution in [3.05, 3.63) is 12.5 Å². The van der Waals surface area contributed by atoms with Gasteiger partial charge >= 0.3 is 7.30 Å². The predicted octanol–water partition coefficient (Wildman–Crippen LogP) is 1.41. The minimum Gasteiger partial charge on any atom is -0.420 e. The first-order valence-corrected chi connectivity index (χ1v) is 4.02. The second kappa shape index (κ2) is 1.51. The van der Waals surface area contributed by atoms with E-state index in [0.717, 1.165) is 0 Å². The van der Waals surface area contributed by atoms with Crippen molar-refractivity contribution in [3.8, 4) is 0 Å². The van der Waals surface area contributed by atoms with Gasteiger partial charge in [-0.05, 0) is 0 Å². The molecule has 0 aromatic heterocycles. The van der Waals surface area contributed by atoms with Crippen molar-refractivity contribution in [1.82, 2.24) is 0 Å². The van der Waals surface area contributed by atoms with Crippen LogP contribution in [-0.4, -0.2) is 4.89 Å². The Bertz CT molecular complexity index is 91.1. The van der Waals surface area contributed by atoms with E-state index in [1.165, 1.54) is 12.5 Å². The van der Waals surface area contributed by atoms with Crippen LogP contribution in [0.2, 0.25) is 0 Å². The molecule has 0 aromatic rings. The zero-order valence-corrected chi connectivity index (χ0v) is 4.89. The third-order valence-electron chi connectivity index (χ3n) is 0.437. The smallest absolute Gasteiger partial charge is 0.420 e. The fraction of sp³-hybridized carbons (Fsp3) is 0. The van der Waals surface area contributed by atoms with Crippen molar-refractivity contribution < 1.29 is 13.9 Å². The SMILES string of the molecule is O[P]1(Cl)OC=CO1. The molecule has 1 heterocycles. The minimum atomic E-state index is -2.93. The lowest BCUT2D eigenvalue weighted by Crippen LogP contribution is -1.76. The topological polar surface area (TPSA) is 38.7 Å². The van der Waals surface area contributed by atoms with Crippen LogP contribution in [-0.2, 0) is 9.05 Å². The average molecular weight is 141 g/mol. The van der Waals surface area contributed by atoms with Crippen LogP contribution in [0.3, 0.4) is 0 Å². The maximum absolute atomic E-state index is 8.56. The molecule has 0 bridgehead atoms. The van der Waals surface area contributed by atoms with E-state index in [-0.39, 0.29) is 0 Å². The van der Waals surface area contributed by atoms with Gasteiger partial charge in [0.1, 0.15) is 12.5 Å².